The van der Waals surface area contributed by atoms with E-state index in [9.17, 15) is 4.79 Å². The van der Waals surface area contributed by atoms with E-state index in [4.69, 9.17) is 0 Å². The number of carbonyl (C=O) groups is 1. The van der Waals surface area contributed by atoms with E-state index in [0.717, 1.165) is 5.56 Å². The molecule has 0 fully saturated rings. The number of benzene rings is 1. The molecule has 0 heterocycles. The Kier molecular flexibility index (Phi) is 6.22. The summed E-state index contributed by atoms with van der Waals surface area (Å²) in [6.45, 7) is 0.817. The Morgan fingerprint density at radius 3 is 2.45 bits per heavy atom. The molecule has 0 radical (unpaired) electrons. The maximum atomic E-state index is 9.76. The molecule has 0 amide bonds. The van der Waals surface area contributed by atoms with Gasteiger partial charge in [0.2, 0.25) is 0 Å². The third-order valence-corrected chi connectivity index (χ3v) is 1.16. The second kappa shape index (κ2) is 6.40. The van der Waals surface area contributed by atoms with Crippen molar-refractivity contribution < 1.29 is 9.53 Å². The van der Waals surface area contributed by atoms with Crippen molar-refractivity contribution >= 4 is 36.0 Å². The van der Waals surface area contributed by atoms with Gasteiger partial charge in [0.05, 0.1) is 0 Å². The fraction of sp³-hybridized carbons (Fsp3) is 0.125. The van der Waals surface area contributed by atoms with E-state index in [2.05, 4.69) is 4.74 Å². The van der Waals surface area contributed by atoms with Crippen LogP contribution in [0.3, 0.4) is 0 Å². The van der Waals surface area contributed by atoms with Crippen molar-refractivity contribution in [2.24, 2.45) is 0 Å². The average Bonchev–Trinajstić information content (AvgIpc) is 2.03. The molecule has 1 aromatic carbocycles. The van der Waals surface area contributed by atoms with E-state index in [-0.39, 0.29) is 29.6 Å². The predicted molar refractivity (Wildman–Crippen MR) is 44.4 cm³/mol. The van der Waals surface area contributed by atoms with E-state index in [1.165, 1.54) is 0 Å². The van der Waals surface area contributed by atoms with Gasteiger partial charge >= 0.3 is 29.6 Å². The first kappa shape index (κ1) is 10.7. The normalized spacial score (nSPS) is 8.00. The molecule has 0 aromatic heterocycles. The second-order valence-corrected chi connectivity index (χ2v) is 1.89. The van der Waals surface area contributed by atoms with Gasteiger partial charge in [-0.25, -0.2) is 0 Å². The molecule has 0 unspecified atom stereocenters. The molecule has 0 bridgehead atoms. The van der Waals surface area contributed by atoms with Crippen LogP contribution < -0.4 is 0 Å². The molecule has 0 atom stereocenters. The summed E-state index contributed by atoms with van der Waals surface area (Å²) < 4.78 is 4.54. The monoisotopic (exact) mass is 160 g/mol. The SMILES string of the molecule is O=COCc1ccccc1.[NaH]. The molecule has 0 saturated carbocycles. The predicted octanol–water partition coefficient (Wildman–Crippen LogP) is 0.711. The first-order chi connectivity index (χ1) is 4.93. The Bertz CT molecular complexity index is 199. The van der Waals surface area contributed by atoms with Crippen LogP contribution in [0.1, 0.15) is 5.56 Å². The first-order valence-electron chi connectivity index (χ1n) is 3.02. The van der Waals surface area contributed by atoms with Gasteiger partial charge in [-0.3, -0.25) is 4.79 Å². The summed E-state index contributed by atoms with van der Waals surface area (Å²) in [5.41, 5.74) is 1.01. The van der Waals surface area contributed by atoms with Crippen molar-refractivity contribution in [1.82, 2.24) is 0 Å². The van der Waals surface area contributed by atoms with E-state index in [1.807, 2.05) is 30.3 Å². The fourth-order valence-corrected chi connectivity index (χ4v) is 0.704. The molecule has 1 aromatic rings. The van der Waals surface area contributed by atoms with Gasteiger partial charge in [-0.05, 0) is 5.56 Å². The van der Waals surface area contributed by atoms with Gasteiger partial charge in [-0.2, -0.15) is 0 Å². The number of rotatable bonds is 3. The van der Waals surface area contributed by atoms with Gasteiger partial charge in [-0.15, -0.1) is 0 Å². The average molecular weight is 160 g/mol. The summed E-state index contributed by atoms with van der Waals surface area (Å²) in [5.74, 6) is 0. The van der Waals surface area contributed by atoms with Crippen LogP contribution in [0, 0.1) is 0 Å². The topological polar surface area (TPSA) is 26.3 Å². The third-order valence-electron chi connectivity index (χ3n) is 1.16. The van der Waals surface area contributed by atoms with Crippen molar-refractivity contribution in [3.05, 3.63) is 35.9 Å². The van der Waals surface area contributed by atoms with Gasteiger partial charge in [0.25, 0.3) is 6.47 Å². The van der Waals surface area contributed by atoms with Crippen LogP contribution in [0.15, 0.2) is 30.3 Å². The molecular weight excluding hydrogens is 151 g/mol. The van der Waals surface area contributed by atoms with Crippen LogP contribution in [0.4, 0.5) is 0 Å². The van der Waals surface area contributed by atoms with Crippen molar-refractivity contribution in [3.63, 3.8) is 0 Å². The fourth-order valence-electron chi connectivity index (χ4n) is 0.704. The van der Waals surface area contributed by atoms with Crippen LogP contribution in [-0.4, -0.2) is 36.0 Å². The van der Waals surface area contributed by atoms with Crippen LogP contribution in [0.5, 0.6) is 0 Å². The minimum atomic E-state index is 0. The Hall–Kier alpha value is -0.310. The minimum absolute atomic E-state index is 0. The van der Waals surface area contributed by atoms with Crippen LogP contribution in [0.25, 0.3) is 0 Å². The van der Waals surface area contributed by atoms with Crippen molar-refractivity contribution in [2.45, 2.75) is 6.61 Å². The van der Waals surface area contributed by atoms with Gasteiger partial charge in [0.1, 0.15) is 6.61 Å². The van der Waals surface area contributed by atoms with Gasteiger partial charge in [0, 0.05) is 0 Å². The zero-order valence-corrected chi connectivity index (χ0v) is 5.49. The van der Waals surface area contributed by atoms with Crippen molar-refractivity contribution in [3.8, 4) is 0 Å². The van der Waals surface area contributed by atoms with Gasteiger partial charge in [-0.1, -0.05) is 30.3 Å². The Morgan fingerprint density at radius 2 is 1.91 bits per heavy atom. The first-order valence-corrected chi connectivity index (χ1v) is 3.02. The number of ether oxygens (including phenoxy) is 1. The second-order valence-electron chi connectivity index (χ2n) is 1.89. The molecule has 0 aliphatic rings. The van der Waals surface area contributed by atoms with Gasteiger partial charge < -0.3 is 4.74 Å². The molecule has 0 N–H and O–H groups in total. The summed E-state index contributed by atoms with van der Waals surface area (Å²) in [4.78, 5) is 9.76. The molecule has 0 aliphatic heterocycles. The summed E-state index contributed by atoms with van der Waals surface area (Å²) in [7, 11) is 0. The number of hydrogen-bond donors (Lipinski definition) is 0. The zero-order valence-electron chi connectivity index (χ0n) is 5.49. The standard InChI is InChI=1S/C8H8O2.Na.H/c9-7-10-6-8-4-2-1-3-5-8;;/h1-5,7H,6H2;;. The Morgan fingerprint density at radius 1 is 1.27 bits per heavy atom. The maximum absolute atomic E-state index is 9.76. The molecule has 3 heteroatoms. The van der Waals surface area contributed by atoms with Crippen LogP contribution in [0.2, 0.25) is 0 Å². The Labute approximate surface area is 87.8 Å². The quantitative estimate of drug-likeness (QED) is 0.481. The summed E-state index contributed by atoms with van der Waals surface area (Å²) in [6, 6.07) is 9.55. The summed E-state index contributed by atoms with van der Waals surface area (Å²) in [6.07, 6.45) is 0. The van der Waals surface area contributed by atoms with Gasteiger partial charge in [0.15, 0.2) is 0 Å². The molecular formula is C8H9NaO2. The molecule has 1 rings (SSSR count). The molecule has 0 aliphatic carbocycles. The molecule has 11 heavy (non-hydrogen) atoms. The Balaban J connectivity index is 0.000001000. The van der Waals surface area contributed by atoms with E-state index >= 15 is 0 Å². The van der Waals surface area contributed by atoms with Crippen molar-refractivity contribution in [1.29, 1.82) is 0 Å². The number of carbonyl (C=O) groups excluding carboxylic acids is 1. The number of hydrogen-bond acceptors (Lipinski definition) is 2. The molecule has 54 valence electrons. The van der Waals surface area contributed by atoms with Crippen LogP contribution >= 0.6 is 0 Å². The van der Waals surface area contributed by atoms with Crippen LogP contribution in [-0.2, 0) is 16.1 Å². The van der Waals surface area contributed by atoms with E-state index in [1.54, 1.807) is 0 Å². The third kappa shape index (κ3) is 4.19. The molecule has 0 saturated heterocycles. The van der Waals surface area contributed by atoms with E-state index < -0.39 is 0 Å². The zero-order chi connectivity index (χ0) is 7.23. The van der Waals surface area contributed by atoms with E-state index in [0.29, 0.717) is 13.1 Å². The summed E-state index contributed by atoms with van der Waals surface area (Å²) >= 11 is 0. The molecule has 0 spiro atoms. The summed E-state index contributed by atoms with van der Waals surface area (Å²) in [5, 5.41) is 0. The van der Waals surface area contributed by atoms with Crippen molar-refractivity contribution in [2.75, 3.05) is 0 Å². The molecule has 2 nitrogen and oxygen atoms in total.